The number of aromatic amines is 2. The van der Waals surface area contributed by atoms with Crippen molar-refractivity contribution in [3.63, 3.8) is 0 Å². The summed E-state index contributed by atoms with van der Waals surface area (Å²) in [7, 11) is 0. The zero-order valence-electron chi connectivity index (χ0n) is 42.8. The third kappa shape index (κ3) is 8.99. The van der Waals surface area contributed by atoms with E-state index in [4.69, 9.17) is 28.9 Å². The molecule has 8 bridgehead atoms. The summed E-state index contributed by atoms with van der Waals surface area (Å²) in [6, 6.07) is 66.8. The fourth-order valence-corrected chi connectivity index (χ4v) is 10.6. The first-order valence-corrected chi connectivity index (χ1v) is 26.0. The number of ether oxygens (including phenoxy) is 4. The summed E-state index contributed by atoms with van der Waals surface area (Å²) in [4.78, 5) is 79.8. The SMILES string of the molecule is O=C(OCc1ccccc1)c1c2nc(c(C(=O)OCc3ccccc3)c3[nH]c(c(C(=O)OCc4ccccc4)c4nc(c(C(=O)OCc5ccccc5)c5[nH]c1c1ccccc51)-c1ccccc1-4)c1ccccc31)-c1ccccc1-2. The van der Waals surface area contributed by atoms with Crippen LogP contribution in [0.5, 0.6) is 0 Å². The molecule has 0 radical (unpaired) electrons. The van der Waals surface area contributed by atoms with Crippen LogP contribution in [0.2, 0.25) is 0 Å². The Morgan fingerprint density at radius 3 is 0.700 bits per heavy atom. The first kappa shape index (κ1) is 48.9. The van der Waals surface area contributed by atoms with Crippen LogP contribution in [-0.4, -0.2) is 43.8 Å². The summed E-state index contributed by atoms with van der Waals surface area (Å²) in [6.07, 6.45) is 0. The van der Waals surface area contributed by atoms with E-state index >= 15 is 19.2 Å². The van der Waals surface area contributed by atoms with E-state index in [-0.39, 0.29) is 93.5 Å². The van der Waals surface area contributed by atoms with Crippen molar-refractivity contribution in [2.75, 3.05) is 0 Å². The molecule has 4 heterocycles. The summed E-state index contributed by atoms with van der Waals surface area (Å²) in [5.41, 5.74) is 7.03. The van der Waals surface area contributed by atoms with Gasteiger partial charge in [0, 0.05) is 43.8 Å². The number of H-pyrrole nitrogens is 2. The molecule has 0 saturated heterocycles. The number of carbonyl (C=O) groups excluding carboxylic acids is 4. The van der Waals surface area contributed by atoms with Gasteiger partial charge in [-0.1, -0.05) is 218 Å². The fourth-order valence-electron chi connectivity index (χ4n) is 10.6. The highest BCUT2D eigenvalue weighted by Crippen LogP contribution is 2.46. The van der Waals surface area contributed by atoms with Crippen LogP contribution in [0, 0.1) is 0 Å². The lowest BCUT2D eigenvalue weighted by Crippen LogP contribution is -2.09. The van der Waals surface area contributed by atoms with Crippen LogP contribution >= 0.6 is 0 Å². The van der Waals surface area contributed by atoms with Crippen molar-refractivity contribution in [2.45, 2.75) is 26.4 Å². The second kappa shape index (κ2) is 21.0. The normalized spacial score (nSPS) is 11.4. The van der Waals surface area contributed by atoms with E-state index in [9.17, 15) is 0 Å². The van der Waals surface area contributed by atoms with Crippen LogP contribution in [0.1, 0.15) is 63.7 Å². The second-order valence-corrected chi connectivity index (χ2v) is 19.3. The minimum atomic E-state index is -0.732. The van der Waals surface area contributed by atoms with E-state index in [1.54, 1.807) is 0 Å². The Hall–Kier alpha value is -10.7. The van der Waals surface area contributed by atoms with E-state index in [0.717, 1.165) is 22.3 Å². The Morgan fingerprint density at radius 1 is 0.275 bits per heavy atom. The fraction of sp³-hybridized carbons (Fsp3) is 0.0588. The standard InChI is InChI=1S/C68H46N4O8/c73-65(77-37-41-21-5-1-6-22-41)53-57-45-29-13-15-31-47(45)59(69-57)54(66(74)78-38-42-23-7-2-8-24-42)61-49-33-17-19-35-51(49)63(71-61)56(68(76)80-40-44-27-11-4-12-28-44)64-52-36-20-18-34-50(52)62(72-64)55(67(75)79-39-43-25-9-3-10-26-43)60-48-32-16-14-30-46(48)58(53)70-60/h1-36,69,72H,37-40H2. The Balaban J connectivity index is 1.21. The van der Waals surface area contributed by atoms with Crippen LogP contribution in [0.4, 0.5) is 0 Å². The largest absolute Gasteiger partial charge is 0.457 e. The molecule has 12 heteroatoms. The maximum absolute atomic E-state index is 15.5. The predicted octanol–water partition coefficient (Wildman–Crippen LogP) is 14.7. The van der Waals surface area contributed by atoms with Gasteiger partial charge in [-0.25, -0.2) is 29.1 Å². The van der Waals surface area contributed by atoms with Crippen molar-refractivity contribution in [3.8, 4) is 45.0 Å². The molecule has 0 atom stereocenters. The van der Waals surface area contributed by atoms with Gasteiger partial charge in [0.25, 0.3) is 0 Å². The van der Waals surface area contributed by atoms with Gasteiger partial charge >= 0.3 is 23.9 Å². The minimum absolute atomic E-state index is 0.0294. The Labute approximate surface area is 457 Å². The number of esters is 4. The number of nitrogens with zero attached hydrogens (tertiary/aromatic N) is 2. The van der Waals surface area contributed by atoms with Crippen LogP contribution in [0.3, 0.4) is 0 Å². The molecule has 12 nitrogen and oxygen atoms in total. The molecular weight excluding hydrogens is 1000 g/mol. The second-order valence-electron chi connectivity index (χ2n) is 19.3. The number of benzene rings is 8. The van der Waals surface area contributed by atoms with Gasteiger partial charge in [-0.05, 0) is 22.3 Å². The number of carbonyl (C=O) groups is 4. The van der Waals surface area contributed by atoms with E-state index in [1.807, 2.05) is 218 Å². The highest BCUT2D eigenvalue weighted by molar-refractivity contribution is 6.24. The summed E-state index contributed by atoms with van der Waals surface area (Å²) in [5, 5.41) is 2.16. The molecule has 386 valence electrons. The molecule has 0 unspecified atom stereocenters. The molecule has 0 fully saturated rings. The smallest absolute Gasteiger partial charge is 0.342 e. The van der Waals surface area contributed by atoms with Gasteiger partial charge in [-0.2, -0.15) is 0 Å². The number of hydrogen-bond acceptors (Lipinski definition) is 10. The molecule has 2 aromatic heterocycles. The van der Waals surface area contributed by atoms with E-state index in [1.165, 1.54) is 0 Å². The lowest BCUT2D eigenvalue weighted by Gasteiger charge is -2.09. The molecule has 2 aliphatic heterocycles. The van der Waals surface area contributed by atoms with Gasteiger partial charge in [0.15, 0.2) is 0 Å². The van der Waals surface area contributed by atoms with Crippen LogP contribution in [-0.2, 0) is 45.4 Å². The van der Waals surface area contributed by atoms with Crippen LogP contribution < -0.4 is 0 Å². The van der Waals surface area contributed by atoms with Gasteiger partial charge in [0.1, 0.15) is 48.7 Å². The molecule has 0 saturated carbocycles. The van der Waals surface area contributed by atoms with Crippen molar-refractivity contribution >= 4 is 67.5 Å². The van der Waals surface area contributed by atoms with Crippen molar-refractivity contribution in [3.05, 3.63) is 263 Å². The van der Waals surface area contributed by atoms with Gasteiger partial charge in [0.05, 0.1) is 44.8 Å². The first-order valence-electron chi connectivity index (χ1n) is 26.0. The van der Waals surface area contributed by atoms with Gasteiger partial charge < -0.3 is 28.9 Å². The molecule has 80 heavy (non-hydrogen) atoms. The third-order valence-electron chi connectivity index (χ3n) is 14.4. The Kier molecular flexibility index (Phi) is 12.8. The number of hydrogen-bond donors (Lipinski definition) is 2. The van der Waals surface area contributed by atoms with Crippen molar-refractivity contribution < 1.29 is 38.1 Å². The molecule has 13 rings (SSSR count). The van der Waals surface area contributed by atoms with E-state index in [0.29, 0.717) is 43.8 Å². The molecule has 1 aliphatic carbocycles. The Bertz CT molecular complexity index is 3880. The maximum Gasteiger partial charge on any atom is 0.342 e. The topological polar surface area (TPSA) is 163 Å². The Morgan fingerprint density at radius 2 is 0.475 bits per heavy atom. The predicted molar refractivity (Wildman–Crippen MR) is 307 cm³/mol. The van der Waals surface area contributed by atoms with Crippen LogP contribution in [0.25, 0.3) is 88.6 Å². The minimum Gasteiger partial charge on any atom is -0.457 e. The third-order valence-corrected chi connectivity index (χ3v) is 14.4. The lowest BCUT2D eigenvalue weighted by molar-refractivity contribution is 0.0466. The van der Waals surface area contributed by atoms with Gasteiger partial charge in [-0.3, -0.25) is 0 Å². The average Bonchev–Trinajstić information content (AvgIpc) is 4.33. The summed E-state index contributed by atoms with van der Waals surface area (Å²) >= 11 is 0. The van der Waals surface area contributed by atoms with Gasteiger partial charge in [-0.15, -0.1) is 0 Å². The van der Waals surface area contributed by atoms with Gasteiger partial charge in [0.2, 0.25) is 0 Å². The molecule has 8 aromatic carbocycles. The zero-order chi connectivity index (χ0) is 54.1. The average molecular weight is 1050 g/mol. The molecule has 0 spiro atoms. The van der Waals surface area contributed by atoms with E-state index in [2.05, 4.69) is 9.97 Å². The molecule has 0 amide bonds. The quantitative estimate of drug-likeness (QED) is 0.0889. The van der Waals surface area contributed by atoms with Crippen LogP contribution in [0.15, 0.2) is 218 Å². The number of nitrogens with one attached hydrogen (secondary N) is 2. The number of aromatic nitrogens is 4. The maximum atomic E-state index is 15.5. The monoisotopic (exact) mass is 1050 g/mol. The molecule has 10 aromatic rings. The van der Waals surface area contributed by atoms with Crippen molar-refractivity contribution in [2.24, 2.45) is 0 Å². The zero-order valence-corrected chi connectivity index (χ0v) is 42.8. The van der Waals surface area contributed by atoms with Crippen molar-refractivity contribution in [1.29, 1.82) is 0 Å². The summed E-state index contributed by atoms with van der Waals surface area (Å²) < 4.78 is 25.1. The highest BCUT2D eigenvalue weighted by atomic mass is 16.5. The molecular formula is C68H46N4O8. The summed E-state index contributed by atoms with van der Waals surface area (Å²) in [5.74, 6) is -2.93. The first-order chi connectivity index (χ1) is 39.4. The van der Waals surface area contributed by atoms with Crippen molar-refractivity contribution in [1.82, 2.24) is 19.9 Å². The van der Waals surface area contributed by atoms with E-state index < -0.39 is 23.9 Å². The highest BCUT2D eigenvalue weighted by Gasteiger charge is 2.34. The number of rotatable bonds is 12. The molecule has 2 N–H and O–H groups in total. The lowest BCUT2D eigenvalue weighted by atomic mass is 9.98. The summed E-state index contributed by atoms with van der Waals surface area (Å²) in [6.45, 7) is -0.323. The molecule has 3 aliphatic rings.